The van der Waals surface area contributed by atoms with Crippen LogP contribution in [0.1, 0.15) is 18.9 Å². The lowest BCUT2D eigenvalue weighted by Crippen LogP contribution is -3.00. The smallest absolute Gasteiger partial charge is 0.109 e. The van der Waals surface area contributed by atoms with E-state index in [2.05, 4.69) is 40.2 Å². The normalized spacial score (nSPS) is 26.3. The van der Waals surface area contributed by atoms with Crippen molar-refractivity contribution in [1.29, 1.82) is 0 Å². The maximum absolute atomic E-state index is 6.01. The summed E-state index contributed by atoms with van der Waals surface area (Å²) >= 11 is 0. The molecule has 0 saturated carbocycles. The average molecular weight is 391 g/mol. The number of hydrogen-bond acceptors (Lipinski definition) is 2. The molecule has 0 spiro atoms. The molecule has 3 nitrogen and oxygen atoms in total. The fourth-order valence-electron chi connectivity index (χ4n) is 2.61. The predicted octanol–water partition coefficient (Wildman–Crippen LogP) is -0.541. The standard InChI is InChI=1S/C16H26NO2.HI/c1-13-16(10-15(19-13)11-17(2,3)4)18-12-14-8-6-5-7-9-14;/h5-9,13,15-16H,10-12H2,1-4H3;1H/q+1;/p-1/t13-,15-,16+;/m0./s1. The lowest BCUT2D eigenvalue weighted by Gasteiger charge is -2.26. The first kappa shape index (κ1) is 17.9. The molecule has 20 heavy (non-hydrogen) atoms. The van der Waals surface area contributed by atoms with E-state index < -0.39 is 0 Å². The van der Waals surface area contributed by atoms with Gasteiger partial charge in [0.25, 0.3) is 0 Å². The van der Waals surface area contributed by atoms with Crippen LogP contribution in [0.25, 0.3) is 0 Å². The number of benzene rings is 1. The summed E-state index contributed by atoms with van der Waals surface area (Å²) in [4.78, 5) is 0. The SMILES string of the molecule is C[C@@H]1O[C@H](C[N+](C)(C)C)C[C@H]1OCc1ccccc1.[I-]. The number of halogens is 1. The Kier molecular flexibility index (Phi) is 6.91. The Morgan fingerprint density at radius 1 is 1.20 bits per heavy atom. The molecule has 1 fully saturated rings. The molecule has 1 aromatic rings. The van der Waals surface area contributed by atoms with Crippen LogP contribution in [0, 0.1) is 0 Å². The first-order chi connectivity index (χ1) is 8.94. The molecule has 0 radical (unpaired) electrons. The number of ether oxygens (including phenoxy) is 2. The van der Waals surface area contributed by atoms with Gasteiger partial charge in [-0.15, -0.1) is 0 Å². The molecule has 0 bridgehead atoms. The van der Waals surface area contributed by atoms with Crippen molar-refractivity contribution in [2.24, 2.45) is 0 Å². The quantitative estimate of drug-likeness (QED) is 0.496. The van der Waals surface area contributed by atoms with E-state index in [0.717, 1.165) is 17.4 Å². The Balaban J connectivity index is 0.00000200. The van der Waals surface area contributed by atoms with E-state index in [9.17, 15) is 0 Å². The van der Waals surface area contributed by atoms with Crippen molar-refractivity contribution in [2.45, 2.75) is 38.3 Å². The van der Waals surface area contributed by atoms with Gasteiger partial charge >= 0.3 is 0 Å². The maximum Gasteiger partial charge on any atom is 0.109 e. The van der Waals surface area contributed by atoms with Gasteiger partial charge in [-0.25, -0.2) is 0 Å². The van der Waals surface area contributed by atoms with Crippen LogP contribution in [0.3, 0.4) is 0 Å². The van der Waals surface area contributed by atoms with E-state index in [1.807, 2.05) is 18.2 Å². The minimum Gasteiger partial charge on any atom is -1.00 e. The van der Waals surface area contributed by atoms with Crippen molar-refractivity contribution >= 4 is 0 Å². The van der Waals surface area contributed by atoms with Crippen LogP contribution in [0.15, 0.2) is 30.3 Å². The summed E-state index contributed by atoms with van der Waals surface area (Å²) in [7, 11) is 6.60. The van der Waals surface area contributed by atoms with Gasteiger partial charge in [-0.3, -0.25) is 0 Å². The first-order valence-corrected chi connectivity index (χ1v) is 7.05. The summed E-state index contributed by atoms with van der Waals surface area (Å²) < 4.78 is 12.9. The molecule has 0 amide bonds. The highest BCUT2D eigenvalue weighted by Gasteiger charge is 2.35. The van der Waals surface area contributed by atoms with E-state index in [0.29, 0.717) is 12.7 Å². The zero-order valence-electron chi connectivity index (χ0n) is 12.9. The zero-order valence-corrected chi connectivity index (χ0v) is 15.0. The third-order valence-electron chi connectivity index (χ3n) is 3.48. The largest absolute Gasteiger partial charge is 1.00 e. The van der Waals surface area contributed by atoms with Crippen molar-refractivity contribution in [3.8, 4) is 0 Å². The average Bonchev–Trinajstić information content (AvgIpc) is 2.66. The van der Waals surface area contributed by atoms with Gasteiger partial charge in [0, 0.05) is 6.42 Å². The van der Waals surface area contributed by atoms with Crippen LogP contribution < -0.4 is 24.0 Å². The number of rotatable bonds is 5. The Hall–Kier alpha value is -0.170. The minimum absolute atomic E-state index is 0. The van der Waals surface area contributed by atoms with E-state index in [1.54, 1.807) is 0 Å². The molecule has 0 aliphatic carbocycles. The van der Waals surface area contributed by atoms with E-state index in [1.165, 1.54) is 5.56 Å². The van der Waals surface area contributed by atoms with Crippen LogP contribution >= 0.6 is 0 Å². The molecule has 0 N–H and O–H groups in total. The zero-order chi connectivity index (χ0) is 13.9. The summed E-state index contributed by atoms with van der Waals surface area (Å²) in [5.41, 5.74) is 1.23. The molecule has 0 aromatic heterocycles. The number of nitrogens with zero attached hydrogens (tertiary/aromatic N) is 1. The third kappa shape index (κ3) is 5.68. The van der Waals surface area contributed by atoms with Crippen molar-refractivity contribution in [3.05, 3.63) is 35.9 Å². The summed E-state index contributed by atoms with van der Waals surface area (Å²) in [6, 6.07) is 10.3. The van der Waals surface area contributed by atoms with Gasteiger partial charge in [0.1, 0.15) is 12.6 Å². The lowest BCUT2D eigenvalue weighted by molar-refractivity contribution is -0.873. The van der Waals surface area contributed by atoms with Gasteiger partial charge in [-0.1, -0.05) is 30.3 Å². The molecule has 3 atom stereocenters. The third-order valence-corrected chi connectivity index (χ3v) is 3.48. The van der Waals surface area contributed by atoms with Crippen molar-refractivity contribution in [2.75, 3.05) is 27.7 Å². The van der Waals surface area contributed by atoms with Gasteiger partial charge in [-0.2, -0.15) is 0 Å². The Morgan fingerprint density at radius 2 is 1.85 bits per heavy atom. The molecule has 1 aliphatic heterocycles. The molecular formula is C16H26INO2. The molecule has 1 heterocycles. The highest BCUT2D eigenvalue weighted by Crippen LogP contribution is 2.25. The van der Waals surface area contributed by atoms with Crippen LogP contribution in [0.5, 0.6) is 0 Å². The highest BCUT2D eigenvalue weighted by molar-refractivity contribution is 5.13. The topological polar surface area (TPSA) is 18.5 Å². The van der Waals surface area contributed by atoms with Crippen molar-refractivity contribution in [1.82, 2.24) is 0 Å². The van der Waals surface area contributed by atoms with Gasteiger partial charge in [-0.05, 0) is 12.5 Å². The van der Waals surface area contributed by atoms with Crippen molar-refractivity contribution < 1.29 is 37.9 Å². The lowest BCUT2D eigenvalue weighted by atomic mass is 10.1. The number of likely N-dealkylation sites (N-methyl/N-ethyl adjacent to an activating group) is 1. The molecular weight excluding hydrogens is 365 g/mol. The molecule has 0 unspecified atom stereocenters. The molecule has 114 valence electrons. The molecule has 4 heteroatoms. The van der Waals surface area contributed by atoms with Crippen LogP contribution in [-0.4, -0.2) is 50.5 Å². The Labute approximate surface area is 139 Å². The highest BCUT2D eigenvalue weighted by atomic mass is 127. The Morgan fingerprint density at radius 3 is 2.45 bits per heavy atom. The molecule has 1 aromatic carbocycles. The van der Waals surface area contributed by atoms with E-state index in [4.69, 9.17) is 9.47 Å². The van der Waals surface area contributed by atoms with Crippen LogP contribution in [-0.2, 0) is 16.1 Å². The number of hydrogen-bond donors (Lipinski definition) is 0. The molecule has 2 rings (SSSR count). The minimum atomic E-state index is 0. The van der Waals surface area contributed by atoms with Gasteiger partial charge in [0.15, 0.2) is 0 Å². The van der Waals surface area contributed by atoms with Crippen LogP contribution in [0.2, 0.25) is 0 Å². The predicted molar refractivity (Wildman–Crippen MR) is 76.9 cm³/mol. The summed E-state index contributed by atoms with van der Waals surface area (Å²) in [6.45, 7) is 3.83. The van der Waals surface area contributed by atoms with Gasteiger partial charge in [0.2, 0.25) is 0 Å². The van der Waals surface area contributed by atoms with Crippen molar-refractivity contribution in [3.63, 3.8) is 0 Å². The second kappa shape index (κ2) is 7.73. The van der Waals surface area contributed by atoms with E-state index >= 15 is 0 Å². The second-order valence-electron chi connectivity index (χ2n) is 6.51. The van der Waals surface area contributed by atoms with Gasteiger partial charge in [0.05, 0.1) is 40.0 Å². The maximum atomic E-state index is 6.01. The fraction of sp³-hybridized carbons (Fsp3) is 0.625. The summed E-state index contributed by atoms with van der Waals surface area (Å²) in [5, 5.41) is 0. The number of quaternary nitrogens is 1. The molecule has 1 aliphatic rings. The second-order valence-corrected chi connectivity index (χ2v) is 6.51. The summed E-state index contributed by atoms with van der Waals surface area (Å²) in [6.07, 6.45) is 1.73. The summed E-state index contributed by atoms with van der Waals surface area (Å²) in [5.74, 6) is 0. The van der Waals surface area contributed by atoms with Crippen LogP contribution in [0.4, 0.5) is 0 Å². The Bertz CT molecular complexity index is 391. The van der Waals surface area contributed by atoms with E-state index in [-0.39, 0.29) is 36.2 Å². The fourth-order valence-corrected chi connectivity index (χ4v) is 2.61. The first-order valence-electron chi connectivity index (χ1n) is 7.05. The monoisotopic (exact) mass is 391 g/mol. The molecule has 1 saturated heterocycles. The van der Waals surface area contributed by atoms with Gasteiger partial charge < -0.3 is 37.9 Å².